The van der Waals surface area contributed by atoms with Crippen LogP contribution in [0, 0.1) is 18.3 Å². The molecule has 0 fully saturated rings. The van der Waals surface area contributed by atoms with E-state index in [9.17, 15) is 5.11 Å². The maximum atomic E-state index is 9.22. The van der Waals surface area contributed by atoms with E-state index in [0.29, 0.717) is 6.42 Å². The van der Waals surface area contributed by atoms with Crippen LogP contribution < -0.4 is 0 Å². The average Bonchev–Trinajstić information content (AvgIpc) is 1.99. The highest BCUT2D eigenvalue weighted by atomic mass is 16.3. The van der Waals surface area contributed by atoms with Gasteiger partial charge < -0.3 is 5.11 Å². The van der Waals surface area contributed by atoms with E-state index in [1.54, 1.807) is 12.1 Å². The molecule has 0 aliphatic rings. The number of aromatic hydroxyl groups is 1. The van der Waals surface area contributed by atoms with Crippen LogP contribution >= 0.6 is 0 Å². The maximum absolute atomic E-state index is 9.22. The zero-order valence-corrected chi connectivity index (χ0v) is 6.33. The zero-order chi connectivity index (χ0) is 8.27. The van der Waals surface area contributed by atoms with Crippen LogP contribution in [0.2, 0.25) is 0 Å². The molecule has 0 saturated carbocycles. The van der Waals surface area contributed by atoms with Crippen molar-refractivity contribution < 1.29 is 5.11 Å². The van der Waals surface area contributed by atoms with Gasteiger partial charge in [0.25, 0.3) is 0 Å². The summed E-state index contributed by atoms with van der Waals surface area (Å²) in [6, 6.07) is 7.25. The fourth-order valence-electron chi connectivity index (χ4n) is 0.947. The molecular weight excluding hydrogens is 138 g/mol. The van der Waals surface area contributed by atoms with Crippen LogP contribution in [0.5, 0.6) is 5.75 Å². The minimum absolute atomic E-state index is 0.262. The van der Waals surface area contributed by atoms with E-state index in [-0.39, 0.29) is 5.75 Å². The van der Waals surface area contributed by atoms with Crippen LogP contribution in [0.15, 0.2) is 18.2 Å². The molecule has 2 heteroatoms. The lowest BCUT2D eigenvalue weighted by Crippen LogP contribution is -1.86. The summed E-state index contributed by atoms with van der Waals surface area (Å²) < 4.78 is 0. The van der Waals surface area contributed by atoms with Crippen molar-refractivity contribution in [2.75, 3.05) is 0 Å². The first-order valence-corrected chi connectivity index (χ1v) is 3.40. The lowest BCUT2D eigenvalue weighted by atomic mass is 10.1. The summed E-state index contributed by atoms with van der Waals surface area (Å²) in [6.45, 7) is 1.81. The monoisotopic (exact) mass is 147 g/mol. The number of hydrogen-bond donors (Lipinski definition) is 1. The summed E-state index contributed by atoms with van der Waals surface area (Å²) in [5, 5.41) is 17.6. The molecule has 1 aromatic carbocycles. The summed E-state index contributed by atoms with van der Waals surface area (Å²) in [7, 11) is 0. The van der Waals surface area contributed by atoms with Crippen molar-refractivity contribution in [1.82, 2.24) is 0 Å². The Labute approximate surface area is 65.7 Å². The normalized spacial score (nSPS) is 9.09. The van der Waals surface area contributed by atoms with Gasteiger partial charge in [-0.1, -0.05) is 12.1 Å². The molecule has 0 amide bonds. The van der Waals surface area contributed by atoms with E-state index in [2.05, 4.69) is 0 Å². The number of phenols is 1. The highest BCUT2D eigenvalue weighted by molar-refractivity contribution is 5.39. The number of benzene rings is 1. The van der Waals surface area contributed by atoms with Crippen molar-refractivity contribution in [3.8, 4) is 11.8 Å². The Bertz CT molecular complexity index is 299. The first-order valence-electron chi connectivity index (χ1n) is 3.40. The maximum Gasteiger partial charge on any atom is 0.118 e. The number of nitrogens with zero attached hydrogens (tertiary/aromatic N) is 1. The largest absolute Gasteiger partial charge is 0.508 e. The molecule has 0 saturated heterocycles. The SMILES string of the molecule is Cc1c(O)cccc1CC#N. The topological polar surface area (TPSA) is 44.0 Å². The molecule has 1 N–H and O–H groups in total. The second-order valence-corrected chi connectivity index (χ2v) is 2.40. The molecule has 0 bridgehead atoms. The first-order chi connectivity index (χ1) is 5.25. The van der Waals surface area contributed by atoms with Gasteiger partial charge in [-0.2, -0.15) is 5.26 Å². The molecule has 0 radical (unpaired) electrons. The number of hydrogen-bond acceptors (Lipinski definition) is 2. The number of nitriles is 1. The molecule has 0 spiro atoms. The van der Waals surface area contributed by atoms with Gasteiger partial charge in [-0.15, -0.1) is 0 Å². The Balaban J connectivity index is 3.08. The van der Waals surface area contributed by atoms with Gasteiger partial charge in [0, 0.05) is 0 Å². The third-order valence-electron chi connectivity index (χ3n) is 1.69. The second kappa shape index (κ2) is 3.07. The Morgan fingerprint density at radius 3 is 2.91 bits per heavy atom. The highest BCUT2D eigenvalue weighted by Gasteiger charge is 2.00. The summed E-state index contributed by atoms with van der Waals surface area (Å²) in [6.07, 6.45) is 0.361. The molecule has 0 atom stereocenters. The standard InChI is InChI=1S/C9H9NO/c1-7-8(5-6-10)3-2-4-9(7)11/h2-4,11H,5H2,1H3. The van der Waals surface area contributed by atoms with Gasteiger partial charge in [0.15, 0.2) is 0 Å². The molecular formula is C9H9NO. The van der Waals surface area contributed by atoms with Crippen LogP contribution in [-0.4, -0.2) is 5.11 Å². The van der Waals surface area contributed by atoms with E-state index in [0.717, 1.165) is 11.1 Å². The van der Waals surface area contributed by atoms with E-state index in [1.807, 2.05) is 19.1 Å². The highest BCUT2D eigenvalue weighted by Crippen LogP contribution is 2.19. The summed E-state index contributed by atoms with van der Waals surface area (Å²) in [5.74, 6) is 0.262. The second-order valence-electron chi connectivity index (χ2n) is 2.40. The molecule has 56 valence electrons. The quantitative estimate of drug-likeness (QED) is 0.657. The first kappa shape index (κ1) is 7.62. The smallest absolute Gasteiger partial charge is 0.118 e. The summed E-state index contributed by atoms with van der Waals surface area (Å²) in [4.78, 5) is 0. The molecule has 0 heterocycles. The molecule has 0 unspecified atom stereocenters. The van der Waals surface area contributed by atoms with Gasteiger partial charge in [-0.25, -0.2) is 0 Å². The predicted octanol–water partition coefficient (Wildman–Crippen LogP) is 1.77. The Hall–Kier alpha value is -1.49. The Morgan fingerprint density at radius 2 is 2.27 bits per heavy atom. The Morgan fingerprint density at radius 1 is 1.55 bits per heavy atom. The summed E-state index contributed by atoms with van der Waals surface area (Å²) in [5.41, 5.74) is 1.70. The summed E-state index contributed by atoms with van der Waals surface area (Å²) >= 11 is 0. The van der Waals surface area contributed by atoms with Crippen LogP contribution in [-0.2, 0) is 6.42 Å². The third-order valence-corrected chi connectivity index (χ3v) is 1.69. The molecule has 0 aromatic heterocycles. The average molecular weight is 147 g/mol. The van der Waals surface area contributed by atoms with Crippen molar-refractivity contribution in [2.45, 2.75) is 13.3 Å². The van der Waals surface area contributed by atoms with Gasteiger partial charge in [0.1, 0.15) is 5.75 Å². The minimum atomic E-state index is 0.262. The van der Waals surface area contributed by atoms with Crippen molar-refractivity contribution in [1.29, 1.82) is 5.26 Å². The fourth-order valence-corrected chi connectivity index (χ4v) is 0.947. The van der Waals surface area contributed by atoms with Crippen molar-refractivity contribution >= 4 is 0 Å². The lowest BCUT2D eigenvalue weighted by molar-refractivity contribution is 0.470. The van der Waals surface area contributed by atoms with Gasteiger partial charge >= 0.3 is 0 Å². The lowest BCUT2D eigenvalue weighted by Gasteiger charge is -2.01. The van der Waals surface area contributed by atoms with Crippen molar-refractivity contribution in [2.24, 2.45) is 0 Å². The van der Waals surface area contributed by atoms with Crippen LogP contribution in [0.4, 0.5) is 0 Å². The van der Waals surface area contributed by atoms with E-state index < -0.39 is 0 Å². The minimum Gasteiger partial charge on any atom is -0.508 e. The molecule has 0 aliphatic carbocycles. The molecule has 2 nitrogen and oxygen atoms in total. The Kier molecular flexibility index (Phi) is 2.12. The van der Waals surface area contributed by atoms with Gasteiger partial charge in [0.05, 0.1) is 12.5 Å². The number of rotatable bonds is 1. The zero-order valence-electron chi connectivity index (χ0n) is 6.33. The van der Waals surface area contributed by atoms with Crippen LogP contribution in [0.25, 0.3) is 0 Å². The molecule has 11 heavy (non-hydrogen) atoms. The van der Waals surface area contributed by atoms with E-state index >= 15 is 0 Å². The number of phenolic OH excluding ortho intramolecular Hbond substituents is 1. The molecule has 1 aromatic rings. The predicted molar refractivity (Wildman–Crippen MR) is 42.2 cm³/mol. The molecule has 0 aliphatic heterocycles. The fraction of sp³-hybridized carbons (Fsp3) is 0.222. The third kappa shape index (κ3) is 1.50. The van der Waals surface area contributed by atoms with E-state index in [1.165, 1.54) is 0 Å². The van der Waals surface area contributed by atoms with Crippen LogP contribution in [0.1, 0.15) is 11.1 Å². The van der Waals surface area contributed by atoms with Crippen molar-refractivity contribution in [3.05, 3.63) is 29.3 Å². The molecule has 1 rings (SSSR count). The van der Waals surface area contributed by atoms with Crippen LogP contribution in [0.3, 0.4) is 0 Å². The van der Waals surface area contributed by atoms with Crippen molar-refractivity contribution in [3.63, 3.8) is 0 Å². The van der Waals surface area contributed by atoms with E-state index in [4.69, 9.17) is 5.26 Å². The van der Waals surface area contributed by atoms with Gasteiger partial charge in [0.2, 0.25) is 0 Å². The van der Waals surface area contributed by atoms with Gasteiger partial charge in [-0.3, -0.25) is 0 Å². The van der Waals surface area contributed by atoms with Gasteiger partial charge in [-0.05, 0) is 24.1 Å².